The molecule has 200 valence electrons. The molecule has 1 aliphatic rings. The number of nitrogens with two attached hydrogens (primary N) is 1. The molecule has 1 saturated heterocycles. The van der Waals surface area contributed by atoms with E-state index in [4.69, 9.17) is 20.3 Å². The lowest BCUT2D eigenvalue weighted by Gasteiger charge is -2.46. The summed E-state index contributed by atoms with van der Waals surface area (Å²) >= 11 is 0. The zero-order chi connectivity index (χ0) is 25.7. The fourth-order valence-corrected chi connectivity index (χ4v) is 4.02. The molecule has 0 bridgehead atoms. The number of carbonyl (C=O) groups excluding carboxylic acids is 2. The third kappa shape index (κ3) is 8.99. The second kappa shape index (κ2) is 15.6. The normalized spacial score (nSPS) is 28.8. The van der Waals surface area contributed by atoms with Crippen LogP contribution >= 0.6 is 0 Å². The molecule has 0 aromatic rings. The van der Waals surface area contributed by atoms with Gasteiger partial charge in [0.1, 0.15) is 18.3 Å². The third-order valence-corrected chi connectivity index (χ3v) is 6.07. The molecule has 0 spiro atoms. The molecule has 1 aliphatic heterocycles. The number of aliphatic hydroxyl groups excluding tert-OH is 3. The van der Waals surface area contributed by atoms with Crippen LogP contribution in [0.3, 0.4) is 0 Å². The van der Waals surface area contributed by atoms with Gasteiger partial charge >= 0.3 is 11.8 Å². The van der Waals surface area contributed by atoms with E-state index in [1.165, 1.54) is 32.1 Å². The third-order valence-electron chi connectivity index (χ3n) is 6.07. The van der Waals surface area contributed by atoms with Crippen molar-refractivity contribution in [3.63, 3.8) is 0 Å². The first kappa shape index (κ1) is 30.6. The maximum absolute atomic E-state index is 15.4. The van der Waals surface area contributed by atoms with Gasteiger partial charge in [-0.05, 0) is 6.42 Å². The lowest BCUT2D eigenvalue weighted by Crippen LogP contribution is -2.73. The maximum atomic E-state index is 15.4. The Bertz CT molecular complexity index is 616. The largest absolute Gasteiger partial charge is 0.461 e. The van der Waals surface area contributed by atoms with Gasteiger partial charge in [-0.1, -0.05) is 64.7 Å². The molecule has 9 nitrogen and oxygen atoms in total. The molecule has 0 unspecified atom stereocenters. The molecule has 0 aliphatic carbocycles. The van der Waals surface area contributed by atoms with Crippen molar-refractivity contribution in [2.45, 2.75) is 120 Å². The van der Waals surface area contributed by atoms with Crippen LogP contribution in [0.2, 0.25) is 0 Å². The minimum Gasteiger partial charge on any atom is -0.461 e. The van der Waals surface area contributed by atoms with Crippen molar-refractivity contribution >= 4 is 11.9 Å². The number of hydrogen-bond donors (Lipinski definition) is 5. The summed E-state index contributed by atoms with van der Waals surface area (Å²) in [7, 11) is 0. The molecule has 0 radical (unpaired) electrons. The summed E-state index contributed by atoms with van der Waals surface area (Å²) in [6.45, 7) is 2.19. The Morgan fingerprint density at radius 2 is 1.62 bits per heavy atom. The SMILES string of the molecule is CCCCCCCCCCCCOC(=O)[C@]1(F)O[C@@H]([C@H](O)[C@H](O)CO)[C@H](NC(C)=O)[C@@H](N)[C@H]1F. The number of rotatable bonds is 16. The summed E-state index contributed by atoms with van der Waals surface area (Å²) in [5.41, 5.74) is 5.74. The number of unbranched alkanes of at least 4 members (excludes halogenated alkanes) is 9. The van der Waals surface area contributed by atoms with E-state index in [0.29, 0.717) is 6.42 Å². The Balaban J connectivity index is 2.60. The Morgan fingerprint density at radius 1 is 1.09 bits per heavy atom. The second-order valence-electron chi connectivity index (χ2n) is 8.99. The van der Waals surface area contributed by atoms with E-state index in [1.807, 2.05) is 0 Å². The van der Waals surface area contributed by atoms with Gasteiger partial charge in [0.25, 0.3) is 0 Å². The average molecular weight is 497 g/mol. The van der Waals surface area contributed by atoms with Gasteiger partial charge < -0.3 is 35.8 Å². The Morgan fingerprint density at radius 3 is 2.12 bits per heavy atom. The number of hydrogen-bond acceptors (Lipinski definition) is 8. The minimum atomic E-state index is -3.65. The Hall–Kier alpha value is -1.40. The highest BCUT2D eigenvalue weighted by molar-refractivity contribution is 5.79. The molecule has 1 fully saturated rings. The van der Waals surface area contributed by atoms with Crippen molar-refractivity contribution < 1.29 is 43.2 Å². The molecule has 0 saturated carbocycles. The van der Waals surface area contributed by atoms with E-state index in [2.05, 4.69) is 12.2 Å². The predicted octanol–water partition coefficient (Wildman–Crippen LogP) is 1.40. The lowest BCUT2D eigenvalue weighted by atomic mass is 9.86. The van der Waals surface area contributed by atoms with Crippen LogP contribution in [-0.4, -0.2) is 82.8 Å². The van der Waals surface area contributed by atoms with Gasteiger partial charge in [-0.15, -0.1) is 0 Å². The maximum Gasteiger partial charge on any atom is 0.375 e. The Labute approximate surface area is 200 Å². The molecule has 1 rings (SSSR count). The smallest absolute Gasteiger partial charge is 0.375 e. The molecule has 11 heteroatoms. The van der Waals surface area contributed by atoms with Gasteiger partial charge in [-0.25, -0.2) is 9.18 Å². The summed E-state index contributed by atoms with van der Waals surface area (Å²) in [4.78, 5) is 23.8. The van der Waals surface area contributed by atoms with Crippen molar-refractivity contribution in [3.05, 3.63) is 0 Å². The topological polar surface area (TPSA) is 151 Å². The van der Waals surface area contributed by atoms with Gasteiger partial charge in [-0.2, -0.15) is 4.39 Å². The quantitative estimate of drug-likeness (QED) is 0.159. The predicted molar refractivity (Wildman–Crippen MR) is 121 cm³/mol. The highest BCUT2D eigenvalue weighted by atomic mass is 19.2. The van der Waals surface area contributed by atoms with Crippen LogP contribution in [0.4, 0.5) is 8.78 Å². The molecule has 7 atom stereocenters. The molecule has 0 aromatic carbocycles. The molecule has 0 aromatic heterocycles. The van der Waals surface area contributed by atoms with Gasteiger partial charge in [-0.3, -0.25) is 4.79 Å². The van der Waals surface area contributed by atoms with Gasteiger partial charge in [0.15, 0.2) is 6.17 Å². The van der Waals surface area contributed by atoms with E-state index in [1.54, 1.807) is 0 Å². The molecular formula is C23H42F2N2O7. The van der Waals surface area contributed by atoms with Crippen LogP contribution in [0.1, 0.15) is 78.1 Å². The number of amides is 1. The van der Waals surface area contributed by atoms with E-state index < -0.39 is 60.9 Å². The number of aliphatic hydroxyl groups is 3. The molecular weight excluding hydrogens is 454 g/mol. The van der Waals surface area contributed by atoms with E-state index in [-0.39, 0.29) is 6.61 Å². The first-order valence-electron chi connectivity index (χ1n) is 12.3. The van der Waals surface area contributed by atoms with Crippen molar-refractivity contribution in [2.24, 2.45) is 5.73 Å². The summed E-state index contributed by atoms with van der Waals surface area (Å²) in [5.74, 6) is -5.96. The van der Waals surface area contributed by atoms with Gasteiger partial charge in [0, 0.05) is 6.92 Å². The van der Waals surface area contributed by atoms with E-state index in [0.717, 1.165) is 32.6 Å². The Kier molecular flexibility index (Phi) is 14.0. The fourth-order valence-electron chi connectivity index (χ4n) is 4.02. The van der Waals surface area contributed by atoms with Crippen LogP contribution in [-0.2, 0) is 19.1 Å². The van der Waals surface area contributed by atoms with Crippen molar-refractivity contribution in [1.29, 1.82) is 0 Å². The summed E-state index contributed by atoms with van der Waals surface area (Å²) in [6.07, 6.45) is 2.17. The monoisotopic (exact) mass is 496 g/mol. The van der Waals surface area contributed by atoms with Crippen molar-refractivity contribution in [3.8, 4) is 0 Å². The van der Waals surface area contributed by atoms with Crippen LogP contribution in [0, 0.1) is 0 Å². The zero-order valence-corrected chi connectivity index (χ0v) is 20.3. The van der Waals surface area contributed by atoms with Gasteiger partial charge in [0.05, 0.1) is 25.3 Å². The number of halogens is 2. The number of esters is 1. The number of alkyl halides is 2. The first-order valence-corrected chi connectivity index (χ1v) is 12.3. The van der Waals surface area contributed by atoms with Crippen LogP contribution in [0.5, 0.6) is 0 Å². The lowest BCUT2D eigenvalue weighted by molar-refractivity contribution is -0.278. The molecule has 6 N–H and O–H groups in total. The van der Waals surface area contributed by atoms with Crippen molar-refractivity contribution in [1.82, 2.24) is 5.32 Å². The van der Waals surface area contributed by atoms with Crippen LogP contribution in [0.25, 0.3) is 0 Å². The fraction of sp³-hybridized carbons (Fsp3) is 0.913. The van der Waals surface area contributed by atoms with Crippen LogP contribution in [0.15, 0.2) is 0 Å². The number of ether oxygens (including phenoxy) is 2. The number of carbonyl (C=O) groups is 2. The summed E-state index contributed by atoms with van der Waals surface area (Å²) < 4.78 is 40.1. The van der Waals surface area contributed by atoms with Crippen LogP contribution < -0.4 is 11.1 Å². The highest BCUT2D eigenvalue weighted by Crippen LogP contribution is 2.36. The standard InChI is InChI=1S/C23H42F2N2O7/c1-3-4-5-6-7-8-9-10-11-12-13-33-22(32)23(25)21(24)17(26)18(27-15(2)29)20(34-23)19(31)16(30)14-28/h16-21,28,30-31H,3-14,26H2,1-2H3,(H,27,29)/t16-,17-,18-,19-,20-,21-,23-/m1/s1. The minimum absolute atomic E-state index is 0.145. The van der Waals surface area contributed by atoms with E-state index in [9.17, 15) is 24.2 Å². The zero-order valence-electron chi connectivity index (χ0n) is 20.3. The second-order valence-corrected chi connectivity index (χ2v) is 8.99. The van der Waals surface area contributed by atoms with E-state index >= 15 is 4.39 Å². The average Bonchev–Trinajstić information content (AvgIpc) is 2.81. The molecule has 1 amide bonds. The first-order chi connectivity index (χ1) is 16.1. The number of nitrogens with one attached hydrogen (secondary N) is 1. The van der Waals surface area contributed by atoms with Gasteiger partial charge in [0.2, 0.25) is 5.91 Å². The molecule has 1 heterocycles. The van der Waals surface area contributed by atoms with Crippen molar-refractivity contribution in [2.75, 3.05) is 13.2 Å². The highest BCUT2D eigenvalue weighted by Gasteiger charge is 2.62. The summed E-state index contributed by atoms with van der Waals surface area (Å²) in [5, 5.41) is 31.3. The molecule has 34 heavy (non-hydrogen) atoms. The summed E-state index contributed by atoms with van der Waals surface area (Å²) in [6, 6.07) is -3.26.